The fourth-order valence-corrected chi connectivity index (χ4v) is 5.72. The molecule has 1 aromatic carbocycles. The first kappa shape index (κ1) is 27.7. The van der Waals surface area contributed by atoms with Crippen molar-refractivity contribution in [2.45, 2.75) is 17.7 Å². The number of carbonyl (C=O) groups excluding carboxylic acids is 1. The molecule has 0 aliphatic carbocycles. The Bertz CT molecular complexity index is 1690. The summed E-state index contributed by atoms with van der Waals surface area (Å²) >= 11 is 5.88. The van der Waals surface area contributed by atoms with Crippen LogP contribution in [0.4, 0.5) is 14.5 Å². The lowest BCUT2D eigenvalue weighted by atomic mass is 10.0. The molecule has 0 spiro atoms. The molecule has 1 saturated heterocycles. The highest BCUT2D eigenvalue weighted by atomic mass is 35.5. The minimum atomic E-state index is -4.44. The standard InChI is InChI=1S/C25H23ClF2N6O5S/c1-38-25-20(8-15(26)10-31-25)40(36,37)33-17-3-2-16(27)21(22(17)28)18-12-34-13-32-23(19(34)11-29-18)24(35)30-9-14-4-6-39-7-5-14/h2-3,8,10-14,33H,4-7,9H2,1H3,(H,30,35). The van der Waals surface area contributed by atoms with Crippen LogP contribution in [0.3, 0.4) is 0 Å². The lowest BCUT2D eigenvalue weighted by Crippen LogP contribution is -2.32. The summed E-state index contributed by atoms with van der Waals surface area (Å²) in [6.45, 7) is 1.79. The molecule has 1 aliphatic rings. The lowest BCUT2D eigenvalue weighted by Gasteiger charge is -2.21. The number of methoxy groups -OCH3 is 1. The highest BCUT2D eigenvalue weighted by Gasteiger charge is 2.26. The number of nitrogens with zero attached hydrogens (tertiary/aromatic N) is 4. The number of fused-ring (bicyclic) bond motifs is 1. The molecule has 3 aromatic heterocycles. The van der Waals surface area contributed by atoms with Gasteiger partial charge in [0.2, 0.25) is 5.88 Å². The molecule has 0 atom stereocenters. The Morgan fingerprint density at radius 3 is 2.73 bits per heavy atom. The zero-order valence-electron chi connectivity index (χ0n) is 21.0. The number of imidazole rings is 1. The monoisotopic (exact) mass is 592 g/mol. The summed E-state index contributed by atoms with van der Waals surface area (Å²) in [5.74, 6) is -2.55. The van der Waals surface area contributed by atoms with Gasteiger partial charge < -0.3 is 19.2 Å². The van der Waals surface area contributed by atoms with Crippen molar-refractivity contribution in [2.75, 3.05) is 31.6 Å². The molecule has 15 heteroatoms. The second kappa shape index (κ2) is 11.3. The number of halogens is 3. The van der Waals surface area contributed by atoms with E-state index in [0.29, 0.717) is 31.2 Å². The third-order valence-electron chi connectivity index (χ3n) is 6.39. The van der Waals surface area contributed by atoms with E-state index in [2.05, 4.69) is 25.0 Å². The molecule has 40 heavy (non-hydrogen) atoms. The van der Waals surface area contributed by atoms with Crippen LogP contribution >= 0.6 is 11.6 Å². The third kappa shape index (κ3) is 5.55. The van der Waals surface area contributed by atoms with E-state index in [9.17, 15) is 17.6 Å². The number of benzene rings is 1. The van der Waals surface area contributed by atoms with Crippen LogP contribution in [-0.4, -0.2) is 60.5 Å². The van der Waals surface area contributed by atoms with Crippen LogP contribution in [0.25, 0.3) is 16.8 Å². The Labute approximate surface area is 232 Å². The van der Waals surface area contributed by atoms with Crippen molar-refractivity contribution in [1.82, 2.24) is 24.7 Å². The van der Waals surface area contributed by atoms with Crippen LogP contribution in [0.15, 0.2) is 48.0 Å². The van der Waals surface area contributed by atoms with Gasteiger partial charge in [0.1, 0.15) is 12.1 Å². The van der Waals surface area contributed by atoms with Gasteiger partial charge in [0, 0.05) is 32.2 Å². The van der Waals surface area contributed by atoms with Crippen LogP contribution in [-0.2, 0) is 14.8 Å². The first-order chi connectivity index (χ1) is 19.2. The molecule has 0 bridgehead atoms. The number of nitrogens with one attached hydrogen (secondary N) is 2. The molecule has 2 N–H and O–H groups in total. The largest absolute Gasteiger partial charge is 0.480 e. The second-order valence-corrected chi connectivity index (χ2v) is 11.1. The van der Waals surface area contributed by atoms with Gasteiger partial charge in [-0.25, -0.2) is 27.2 Å². The van der Waals surface area contributed by atoms with Crippen LogP contribution in [0.2, 0.25) is 5.02 Å². The highest BCUT2D eigenvalue weighted by molar-refractivity contribution is 7.92. The number of hydrogen-bond donors (Lipinski definition) is 2. The van der Waals surface area contributed by atoms with Gasteiger partial charge in [0.05, 0.1) is 40.8 Å². The fourth-order valence-electron chi connectivity index (χ4n) is 4.29. The number of hydrogen-bond acceptors (Lipinski definition) is 8. The van der Waals surface area contributed by atoms with Crippen molar-refractivity contribution < 1.29 is 31.5 Å². The number of anilines is 1. The first-order valence-electron chi connectivity index (χ1n) is 12.1. The summed E-state index contributed by atoms with van der Waals surface area (Å²) in [5.41, 5.74) is -0.849. The smallest absolute Gasteiger partial charge is 0.272 e. The van der Waals surface area contributed by atoms with Gasteiger partial charge >= 0.3 is 0 Å². The van der Waals surface area contributed by atoms with E-state index < -0.39 is 43.7 Å². The Morgan fingerprint density at radius 1 is 1.20 bits per heavy atom. The van der Waals surface area contributed by atoms with Crippen LogP contribution in [0.1, 0.15) is 23.3 Å². The Hall–Kier alpha value is -3.88. The molecular weight excluding hydrogens is 570 g/mol. The van der Waals surface area contributed by atoms with Gasteiger partial charge in [0.25, 0.3) is 15.9 Å². The van der Waals surface area contributed by atoms with E-state index in [4.69, 9.17) is 21.1 Å². The van der Waals surface area contributed by atoms with Crippen molar-refractivity contribution in [1.29, 1.82) is 0 Å². The average Bonchev–Trinajstić information content (AvgIpc) is 3.37. The summed E-state index contributed by atoms with van der Waals surface area (Å²) in [6, 6.07) is 2.93. The number of pyridine rings is 1. The van der Waals surface area contributed by atoms with Gasteiger partial charge in [0.15, 0.2) is 16.4 Å². The van der Waals surface area contributed by atoms with E-state index in [1.54, 1.807) is 0 Å². The van der Waals surface area contributed by atoms with Crippen LogP contribution in [0, 0.1) is 17.6 Å². The highest BCUT2D eigenvalue weighted by Crippen LogP contribution is 2.32. The lowest BCUT2D eigenvalue weighted by molar-refractivity contribution is 0.0642. The molecule has 1 aliphatic heterocycles. The van der Waals surface area contributed by atoms with Crippen LogP contribution < -0.4 is 14.8 Å². The summed E-state index contributed by atoms with van der Waals surface area (Å²) in [7, 11) is -3.23. The Balaban J connectivity index is 1.42. The zero-order chi connectivity index (χ0) is 28.4. The molecule has 210 valence electrons. The van der Waals surface area contributed by atoms with E-state index in [1.807, 2.05) is 0 Å². The van der Waals surface area contributed by atoms with Gasteiger partial charge in [-0.2, -0.15) is 0 Å². The number of ether oxygens (including phenoxy) is 2. The average molecular weight is 593 g/mol. The van der Waals surface area contributed by atoms with Gasteiger partial charge in [-0.15, -0.1) is 0 Å². The van der Waals surface area contributed by atoms with E-state index >= 15 is 4.39 Å². The van der Waals surface area contributed by atoms with Gasteiger partial charge in [-0.05, 0) is 37.0 Å². The van der Waals surface area contributed by atoms with Crippen molar-refractivity contribution in [3.8, 4) is 17.1 Å². The number of sulfonamides is 1. The molecule has 0 radical (unpaired) electrons. The quantitative estimate of drug-likeness (QED) is 0.316. The minimum Gasteiger partial charge on any atom is -0.480 e. The van der Waals surface area contributed by atoms with E-state index in [0.717, 1.165) is 31.0 Å². The summed E-state index contributed by atoms with van der Waals surface area (Å²) in [5, 5.41) is 2.87. The topological polar surface area (TPSA) is 137 Å². The molecule has 0 unspecified atom stereocenters. The fraction of sp³-hybridized carbons (Fsp3) is 0.280. The van der Waals surface area contributed by atoms with E-state index in [-0.39, 0.29) is 22.3 Å². The molecule has 11 nitrogen and oxygen atoms in total. The summed E-state index contributed by atoms with van der Waals surface area (Å²) in [6.07, 6.45) is 6.78. The maximum Gasteiger partial charge on any atom is 0.272 e. The van der Waals surface area contributed by atoms with Crippen molar-refractivity contribution in [2.24, 2.45) is 5.92 Å². The van der Waals surface area contributed by atoms with Crippen molar-refractivity contribution in [3.05, 3.63) is 65.5 Å². The Kier molecular flexibility index (Phi) is 7.83. The van der Waals surface area contributed by atoms with Crippen LogP contribution in [0.5, 0.6) is 5.88 Å². The van der Waals surface area contributed by atoms with Gasteiger partial charge in [-0.1, -0.05) is 11.6 Å². The van der Waals surface area contributed by atoms with E-state index in [1.165, 1.54) is 36.4 Å². The molecule has 4 aromatic rings. The second-order valence-electron chi connectivity index (χ2n) is 8.97. The number of aromatic nitrogens is 4. The third-order valence-corrected chi connectivity index (χ3v) is 7.95. The molecule has 4 heterocycles. The molecule has 5 rings (SSSR count). The Morgan fingerprint density at radius 2 is 1.98 bits per heavy atom. The number of carbonyl (C=O) groups is 1. The number of rotatable bonds is 8. The first-order valence-corrected chi connectivity index (χ1v) is 13.9. The SMILES string of the molecule is COc1ncc(Cl)cc1S(=O)(=O)Nc1ccc(F)c(-c2cn3cnc(C(=O)NCC4CCOCC4)c3cn2)c1F. The molecule has 0 saturated carbocycles. The minimum absolute atomic E-state index is 0.0101. The molecule has 1 fully saturated rings. The van der Waals surface area contributed by atoms with Crippen molar-refractivity contribution >= 4 is 38.7 Å². The summed E-state index contributed by atoms with van der Waals surface area (Å²) < 4.78 is 70.2. The predicted molar refractivity (Wildman–Crippen MR) is 141 cm³/mol. The summed E-state index contributed by atoms with van der Waals surface area (Å²) in [4.78, 5) is 24.4. The molecular formula is C25H23ClF2N6O5S. The maximum absolute atomic E-state index is 15.6. The maximum atomic E-state index is 15.6. The molecule has 1 amide bonds. The predicted octanol–water partition coefficient (Wildman–Crippen LogP) is 3.69. The van der Waals surface area contributed by atoms with Gasteiger partial charge in [-0.3, -0.25) is 14.5 Å². The number of amides is 1. The van der Waals surface area contributed by atoms with Crippen molar-refractivity contribution in [3.63, 3.8) is 0 Å². The normalized spacial score (nSPS) is 14.3. The zero-order valence-corrected chi connectivity index (χ0v) is 22.6.